The van der Waals surface area contributed by atoms with Crippen molar-refractivity contribution in [2.24, 2.45) is 5.73 Å². The van der Waals surface area contributed by atoms with Gasteiger partial charge < -0.3 is 16.0 Å². The molecule has 1 atom stereocenters. The lowest BCUT2D eigenvalue weighted by atomic mass is 10.3. The van der Waals surface area contributed by atoms with Crippen LogP contribution in [0, 0.1) is 0 Å². The minimum atomic E-state index is 0.254. The molecule has 0 radical (unpaired) electrons. The maximum absolute atomic E-state index is 5.84. The van der Waals surface area contributed by atoms with Crippen LogP contribution in [0.1, 0.15) is 6.42 Å². The zero-order valence-electron chi connectivity index (χ0n) is 8.82. The van der Waals surface area contributed by atoms with E-state index in [1.54, 1.807) is 0 Å². The van der Waals surface area contributed by atoms with Gasteiger partial charge in [0.1, 0.15) is 0 Å². The highest BCUT2D eigenvalue weighted by molar-refractivity contribution is 9.10. The Morgan fingerprint density at radius 3 is 2.69 bits per heavy atom. The van der Waals surface area contributed by atoms with Gasteiger partial charge in [-0.25, -0.2) is 0 Å². The van der Waals surface area contributed by atoms with E-state index in [4.69, 9.17) is 18.0 Å². The van der Waals surface area contributed by atoms with Crippen molar-refractivity contribution >= 4 is 38.9 Å². The third kappa shape index (κ3) is 2.93. The molecule has 1 aliphatic heterocycles. The molecule has 1 saturated heterocycles. The van der Waals surface area contributed by atoms with Gasteiger partial charge in [-0.2, -0.15) is 0 Å². The average Bonchev–Trinajstić information content (AvgIpc) is 2.68. The quantitative estimate of drug-likeness (QED) is 0.780. The molecule has 0 spiro atoms. The van der Waals surface area contributed by atoms with Crippen molar-refractivity contribution in [1.29, 1.82) is 0 Å². The molecule has 1 heterocycles. The second-order valence-corrected chi connectivity index (χ2v) is 5.23. The summed E-state index contributed by atoms with van der Waals surface area (Å²) in [5, 5.41) is 3.97. The van der Waals surface area contributed by atoms with Crippen LogP contribution >= 0.6 is 28.1 Å². The Hall–Kier alpha value is -0.650. The third-order valence-corrected chi connectivity index (χ3v) is 3.50. The molecule has 3 nitrogen and oxygen atoms in total. The van der Waals surface area contributed by atoms with Gasteiger partial charge in [0.2, 0.25) is 0 Å². The summed E-state index contributed by atoms with van der Waals surface area (Å²) >= 11 is 8.73. The van der Waals surface area contributed by atoms with Gasteiger partial charge in [-0.3, -0.25) is 0 Å². The molecule has 3 N–H and O–H groups in total. The van der Waals surface area contributed by atoms with Crippen molar-refractivity contribution < 1.29 is 0 Å². The number of nitrogens with two attached hydrogens (primary N) is 1. The molecule has 0 aliphatic carbocycles. The molecule has 2 rings (SSSR count). The Bertz CT molecular complexity index is 379. The predicted molar refractivity (Wildman–Crippen MR) is 74.5 cm³/mol. The number of hydrogen-bond acceptors (Lipinski definition) is 2. The van der Waals surface area contributed by atoms with Crippen LogP contribution in [0.2, 0.25) is 0 Å². The first-order chi connectivity index (χ1) is 7.65. The number of hydrogen-bond donors (Lipinski definition) is 2. The normalized spacial score (nSPS) is 19.9. The van der Waals surface area contributed by atoms with Crippen molar-refractivity contribution in [1.82, 2.24) is 4.90 Å². The van der Waals surface area contributed by atoms with Crippen LogP contribution in [0.15, 0.2) is 28.7 Å². The standard InChI is InChI=1S/C11H14BrN3S/c12-8-1-3-10(4-2-8)14-11(16)15-6-5-9(13)7-15/h1-4,9H,5-7,13H2,(H,14,16)/t9-/m1/s1. The van der Waals surface area contributed by atoms with E-state index in [1.165, 1.54) is 0 Å². The van der Waals surface area contributed by atoms with Crippen molar-refractivity contribution in [3.05, 3.63) is 28.7 Å². The Kier molecular flexibility index (Phi) is 3.78. The van der Waals surface area contributed by atoms with Crippen LogP contribution in [-0.2, 0) is 0 Å². The van der Waals surface area contributed by atoms with Gasteiger partial charge in [-0.15, -0.1) is 0 Å². The molecule has 5 heteroatoms. The van der Waals surface area contributed by atoms with Crippen molar-refractivity contribution in [2.75, 3.05) is 18.4 Å². The van der Waals surface area contributed by atoms with Gasteiger partial charge >= 0.3 is 0 Å². The highest BCUT2D eigenvalue weighted by atomic mass is 79.9. The molecule has 0 amide bonds. The number of anilines is 1. The number of likely N-dealkylation sites (tertiary alicyclic amines) is 1. The molecule has 0 aromatic heterocycles. The third-order valence-electron chi connectivity index (χ3n) is 2.61. The SMILES string of the molecule is N[C@@H]1CCN(C(=S)Nc2ccc(Br)cc2)C1. The first kappa shape index (κ1) is 11.8. The van der Waals surface area contributed by atoms with Gasteiger partial charge in [-0.05, 0) is 42.9 Å². The van der Waals surface area contributed by atoms with Crippen molar-refractivity contribution in [2.45, 2.75) is 12.5 Å². The monoisotopic (exact) mass is 299 g/mol. The Morgan fingerprint density at radius 1 is 1.44 bits per heavy atom. The lowest BCUT2D eigenvalue weighted by Gasteiger charge is -2.20. The van der Waals surface area contributed by atoms with Gasteiger partial charge in [0, 0.05) is 29.3 Å². The molecule has 16 heavy (non-hydrogen) atoms. The minimum Gasteiger partial charge on any atom is -0.347 e. The predicted octanol–water partition coefficient (Wildman–Crippen LogP) is 2.18. The average molecular weight is 300 g/mol. The van der Waals surface area contributed by atoms with Crippen LogP contribution in [0.25, 0.3) is 0 Å². The number of thiocarbonyl (C=S) groups is 1. The molecule has 86 valence electrons. The molecule has 1 aliphatic rings. The second kappa shape index (κ2) is 5.12. The van der Waals surface area contributed by atoms with Crippen LogP contribution in [0.5, 0.6) is 0 Å². The van der Waals surface area contributed by atoms with E-state index in [0.717, 1.165) is 34.8 Å². The first-order valence-corrected chi connectivity index (χ1v) is 6.42. The number of halogens is 1. The summed E-state index contributed by atoms with van der Waals surface area (Å²) in [7, 11) is 0. The smallest absolute Gasteiger partial charge is 0.173 e. The summed E-state index contributed by atoms with van der Waals surface area (Å²) < 4.78 is 1.06. The van der Waals surface area contributed by atoms with Crippen LogP contribution in [-0.4, -0.2) is 29.1 Å². The Labute approximate surface area is 109 Å². The zero-order valence-corrected chi connectivity index (χ0v) is 11.2. The topological polar surface area (TPSA) is 41.3 Å². The highest BCUT2D eigenvalue weighted by Crippen LogP contribution is 2.15. The van der Waals surface area contributed by atoms with E-state index in [2.05, 4.69) is 26.1 Å². The number of nitrogens with one attached hydrogen (secondary N) is 1. The number of benzene rings is 1. The molecule has 0 bridgehead atoms. The van der Waals surface area contributed by atoms with Crippen molar-refractivity contribution in [3.8, 4) is 0 Å². The summed E-state index contributed by atoms with van der Waals surface area (Å²) in [6.07, 6.45) is 1.02. The van der Waals surface area contributed by atoms with E-state index >= 15 is 0 Å². The molecule has 1 fully saturated rings. The van der Waals surface area contributed by atoms with Crippen molar-refractivity contribution in [3.63, 3.8) is 0 Å². The maximum Gasteiger partial charge on any atom is 0.173 e. The lowest BCUT2D eigenvalue weighted by molar-refractivity contribution is 0.518. The molecular weight excluding hydrogens is 286 g/mol. The summed E-state index contributed by atoms with van der Waals surface area (Å²) in [5.41, 5.74) is 6.85. The van der Waals surface area contributed by atoms with E-state index in [-0.39, 0.29) is 6.04 Å². The first-order valence-electron chi connectivity index (χ1n) is 5.22. The lowest BCUT2D eigenvalue weighted by Crippen LogP contribution is -2.34. The minimum absolute atomic E-state index is 0.254. The fourth-order valence-electron chi connectivity index (χ4n) is 1.71. The van der Waals surface area contributed by atoms with Gasteiger partial charge in [-0.1, -0.05) is 15.9 Å². The highest BCUT2D eigenvalue weighted by Gasteiger charge is 2.20. The summed E-state index contributed by atoms with van der Waals surface area (Å²) in [6.45, 7) is 1.80. The molecule has 1 aromatic rings. The second-order valence-electron chi connectivity index (χ2n) is 3.93. The van der Waals surface area contributed by atoms with Gasteiger partial charge in [0.05, 0.1) is 0 Å². The molecule has 0 saturated carbocycles. The zero-order chi connectivity index (χ0) is 11.5. The summed E-state index contributed by atoms with van der Waals surface area (Å²) in [6, 6.07) is 8.21. The number of rotatable bonds is 1. The van der Waals surface area contributed by atoms with Gasteiger partial charge in [0.15, 0.2) is 5.11 Å². The largest absolute Gasteiger partial charge is 0.347 e. The van der Waals surface area contributed by atoms with E-state index in [0.29, 0.717) is 0 Å². The van der Waals surface area contributed by atoms with Gasteiger partial charge in [0.25, 0.3) is 0 Å². The van der Waals surface area contributed by atoms with E-state index < -0.39 is 0 Å². The fourth-order valence-corrected chi connectivity index (χ4v) is 2.26. The van der Waals surface area contributed by atoms with Crippen LogP contribution in [0.3, 0.4) is 0 Å². The maximum atomic E-state index is 5.84. The molecular formula is C11H14BrN3S. The van der Waals surface area contributed by atoms with E-state index in [1.807, 2.05) is 24.3 Å². The Morgan fingerprint density at radius 2 is 2.12 bits per heavy atom. The number of nitrogens with zero attached hydrogens (tertiary/aromatic N) is 1. The Balaban J connectivity index is 1.94. The summed E-state index contributed by atoms with van der Waals surface area (Å²) in [5.74, 6) is 0. The van der Waals surface area contributed by atoms with Crippen LogP contribution in [0.4, 0.5) is 5.69 Å². The molecule has 0 unspecified atom stereocenters. The fraction of sp³-hybridized carbons (Fsp3) is 0.364. The summed E-state index contributed by atoms with van der Waals surface area (Å²) in [4.78, 5) is 2.11. The van der Waals surface area contributed by atoms with Crippen LogP contribution < -0.4 is 11.1 Å². The molecule has 1 aromatic carbocycles. The van der Waals surface area contributed by atoms with E-state index in [9.17, 15) is 0 Å².